The molecule has 0 aromatic heterocycles. The molecule has 1 N–H and O–H groups in total. The van der Waals surface area contributed by atoms with E-state index in [1.807, 2.05) is 54.6 Å². The topological polar surface area (TPSA) is 41.6 Å². The molecule has 0 bridgehead atoms. The van der Waals surface area contributed by atoms with Crippen molar-refractivity contribution in [3.63, 3.8) is 0 Å². The van der Waals surface area contributed by atoms with Gasteiger partial charge in [0, 0.05) is 30.8 Å². The van der Waals surface area contributed by atoms with E-state index in [1.54, 1.807) is 0 Å². The first-order valence-corrected chi connectivity index (χ1v) is 9.48. The molecule has 3 rings (SSSR count). The average Bonchev–Trinajstić information content (AvgIpc) is 2.64. The number of carbonyl (C=O) groups is 1. The Bertz CT molecular complexity index is 691. The number of likely N-dealkylation sites (tertiary alicyclic amines) is 1. The van der Waals surface area contributed by atoms with Crippen LogP contribution in [0.25, 0.3) is 0 Å². The molecule has 1 fully saturated rings. The van der Waals surface area contributed by atoms with E-state index >= 15 is 0 Å². The molecular formula is C21H25ClN2O2. The number of amides is 1. The zero-order chi connectivity index (χ0) is 18.2. The van der Waals surface area contributed by atoms with Gasteiger partial charge >= 0.3 is 0 Å². The van der Waals surface area contributed by atoms with Crippen LogP contribution in [0.1, 0.15) is 30.0 Å². The first kappa shape index (κ1) is 18.9. The van der Waals surface area contributed by atoms with Crippen LogP contribution in [0.15, 0.2) is 54.6 Å². The highest BCUT2D eigenvalue weighted by Gasteiger charge is 2.30. The van der Waals surface area contributed by atoms with Crippen LogP contribution < -0.4 is 5.32 Å². The van der Waals surface area contributed by atoms with Crippen molar-refractivity contribution in [2.24, 2.45) is 0 Å². The molecule has 0 unspecified atom stereocenters. The molecule has 1 amide bonds. The molecule has 1 saturated heterocycles. The van der Waals surface area contributed by atoms with Crippen LogP contribution in [-0.2, 0) is 16.1 Å². The fourth-order valence-corrected chi connectivity index (χ4v) is 3.23. The van der Waals surface area contributed by atoms with E-state index in [9.17, 15) is 4.79 Å². The van der Waals surface area contributed by atoms with E-state index in [-0.39, 0.29) is 5.91 Å². The highest BCUT2D eigenvalue weighted by Crippen LogP contribution is 2.33. The second-order valence-electron chi connectivity index (χ2n) is 6.57. The van der Waals surface area contributed by atoms with Crippen LogP contribution in [-0.4, -0.2) is 37.0 Å². The predicted molar refractivity (Wildman–Crippen MR) is 104 cm³/mol. The summed E-state index contributed by atoms with van der Waals surface area (Å²) in [5.41, 5.74) is 2.39. The zero-order valence-corrected chi connectivity index (χ0v) is 15.6. The van der Waals surface area contributed by atoms with Crippen LogP contribution in [0.5, 0.6) is 0 Å². The maximum Gasteiger partial charge on any atom is 0.234 e. The summed E-state index contributed by atoms with van der Waals surface area (Å²) in [5.74, 6) is 0.0757. The molecule has 2 aromatic rings. The Balaban J connectivity index is 1.29. The van der Waals surface area contributed by atoms with Gasteiger partial charge in [0.15, 0.2) is 0 Å². The molecule has 0 aliphatic carbocycles. The van der Waals surface area contributed by atoms with Crippen molar-refractivity contribution in [2.75, 3.05) is 26.2 Å². The minimum absolute atomic E-state index is 0.0757. The van der Waals surface area contributed by atoms with Gasteiger partial charge in [-0.05, 0) is 36.1 Å². The summed E-state index contributed by atoms with van der Waals surface area (Å²) >= 11 is 5.94. The van der Waals surface area contributed by atoms with Crippen molar-refractivity contribution in [2.45, 2.75) is 25.5 Å². The minimum Gasteiger partial charge on any atom is -0.377 e. The van der Waals surface area contributed by atoms with Crippen LogP contribution in [0, 0.1) is 0 Å². The molecule has 0 radical (unpaired) electrons. The smallest absolute Gasteiger partial charge is 0.234 e. The maximum absolute atomic E-state index is 12.1. The Labute approximate surface area is 160 Å². The number of rotatable bonds is 9. The minimum atomic E-state index is 0.0757. The van der Waals surface area contributed by atoms with Gasteiger partial charge in [-0.1, -0.05) is 54.1 Å². The van der Waals surface area contributed by atoms with Crippen molar-refractivity contribution in [1.82, 2.24) is 10.2 Å². The highest BCUT2D eigenvalue weighted by molar-refractivity contribution is 6.30. The Morgan fingerprint density at radius 3 is 2.62 bits per heavy atom. The molecule has 0 saturated carbocycles. The highest BCUT2D eigenvalue weighted by atomic mass is 35.5. The molecule has 1 heterocycles. The van der Waals surface area contributed by atoms with Crippen LogP contribution in [0.2, 0.25) is 5.02 Å². The number of hydrogen-bond donors (Lipinski definition) is 1. The first-order chi connectivity index (χ1) is 12.7. The van der Waals surface area contributed by atoms with E-state index in [1.165, 1.54) is 11.1 Å². The molecule has 2 aromatic carbocycles. The zero-order valence-electron chi connectivity index (χ0n) is 14.9. The first-order valence-electron chi connectivity index (χ1n) is 9.10. The third kappa shape index (κ3) is 5.56. The van der Waals surface area contributed by atoms with E-state index < -0.39 is 0 Å². The summed E-state index contributed by atoms with van der Waals surface area (Å²) in [6.45, 7) is 3.31. The Kier molecular flexibility index (Phi) is 7.06. The summed E-state index contributed by atoms with van der Waals surface area (Å²) in [5, 5.41) is 3.72. The Hall–Kier alpha value is -1.88. The summed E-state index contributed by atoms with van der Waals surface area (Å²) in [7, 11) is 0. The lowest BCUT2D eigenvalue weighted by atomic mass is 9.95. The monoisotopic (exact) mass is 372 g/mol. The average molecular weight is 373 g/mol. The van der Waals surface area contributed by atoms with Gasteiger partial charge in [-0.15, -0.1) is 0 Å². The molecule has 1 atom stereocenters. The van der Waals surface area contributed by atoms with Gasteiger partial charge in [0.2, 0.25) is 5.91 Å². The number of nitrogens with zero attached hydrogens (tertiary/aromatic N) is 1. The molecule has 4 nitrogen and oxygen atoms in total. The Morgan fingerprint density at radius 1 is 1.15 bits per heavy atom. The van der Waals surface area contributed by atoms with Crippen molar-refractivity contribution in [3.8, 4) is 0 Å². The van der Waals surface area contributed by atoms with Crippen molar-refractivity contribution >= 4 is 17.5 Å². The number of benzene rings is 2. The summed E-state index contributed by atoms with van der Waals surface area (Å²) in [4.78, 5) is 14.3. The number of nitrogens with one attached hydrogen (secondary N) is 1. The molecule has 138 valence electrons. The lowest BCUT2D eigenvalue weighted by Gasteiger charge is -2.40. The largest absolute Gasteiger partial charge is 0.377 e. The van der Waals surface area contributed by atoms with Crippen molar-refractivity contribution < 1.29 is 9.53 Å². The van der Waals surface area contributed by atoms with Gasteiger partial charge in [0.1, 0.15) is 0 Å². The third-order valence-corrected chi connectivity index (χ3v) is 4.88. The molecule has 0 spiro atoms. The van der Waals surface area contributed by atoms with Crippen LogP contribution >= 0.6 is 11.6 Å². The lowest BCUT2D eigenvalue weighted by molar-refractivity contribution is -0.124. The fraction of sp³-hybridized carbons (Fsp3) is 0.381. The summed E-state index contributed by atoms with van der Waals surface area (Å²) in [6.07, 6.45) is 1.90. The lowest BCUT2D eigenvalue weighted by Crippen LogP contribution is -2.46. The van der Waals surface area contributed by atoms with Gasteiger partial charge in [-0.2, -0.15) is 0 Å². The van der Waals surface area contributed by atoms with Gasteiger partial charge in [-0.3, -0.25) is 9.69 Å². The second-order valence-corrected chi connectivity index (χ2v) is 7.00. The molecule has 1 aliphatic heterocycles. The van der Waals surface area contributed by atoms with Crippen LogP contribution in [0.3, 0.4) is 0 Å². The number of ether oxygens (including phenoxy) is 1. The molecule has 26 heavy (non-hydrogen) atoms. The summed E-state index contributed by atoms with van der Waals surface area (Å²) in [6, 6.07) is 18.3. The third-order valence-electron chi connectivity index (χ3n) is 4.63. The number of carbonyl (C=O) groups excluding carboxylic acids is 1. The van der Waals surface area contributed by atoms with E-state index in [2.05, 4.69) is 10.2 Å². The van der Waals surface area contributed by atoms with E-state index in [4.69, 9.17) is 16.3 Å². The van der Waals surface area contributed by atoms with E-state index in [0.717, 1.165) is 24.4 Å². The fourth-order valence-electron chi connectivity index (χ4n) is 3.10. The Morgan fingerprint density at radius 2 is 1.92 bits per heavy atom. The van der Waals surface area contributed by atoms with Crippen molar-refractivity contribution in [3.05, 3.63) is 70.7 Å². The van der Waals surface area contributed by atoms with Gasteiger partial charge < -0.3 is 10.1 Å². The van der Waals surface area contributed by atoms with Gasteiger partial charge in [0.25, 0.3) is 0 Å². The van der Waals surface area contributed by atoms with Gasteiger partial charge in [0.05, 0.1) is 13.2 Å². The normalized spacial score (nSPS) is 16.9. The number of halogens is 1. The standard InChI is InChI=1S/C21H25ClN2O2/c22-19-9-7-18(8-10-19)20-11-13-24(20)15-21(25)23-12-4-14-26-16-17-5-2-1-3-6-17/h1-3,5-10,20H,4,11-16H2,(H,23,25)/t20-/m1/s1. The summed E-state index contributed by atoms with van der Waals surface area (Å²) < 4.78 is 5.63. The van der Waals surface area contributed by atoms with Crippen LogP contribution in [0.4, 0.5) is 0 Å². The number of hydrogen-bond acceptors (Lipinski definition) is 3. The second kappa shape index (κ2) is 9.72. The predicted octanol–water partition coefficient (Wildman–Crippen LogP) is 3.81. The molecule has 5 heteroatoms. The quantitative estimate of drug-likeness (QED) is 0.680. The van der Waals surface area contributed by atoms with Crippen molar-refractivity contribution in [1.29, 1.82) is 0 Å². The van der Waals surface area contributed by atoms with E-state index in [0.29, 0.717) is 32.3 Å². The van der Waals surface area contributed by atoms with Gasteiger partial charge in [-0.25, -0.2) is 0 Å². The molecule has 1 aliphatic rings. The SMILES string of the molecule is O=C(CN1CC[C@@H]1c1ccc(Cl)cc1)NCCCOCc1ccccc1. The molecular weight excluding hydrogens is 348 g/mol. The maximum atomic E-state index is 12.1.